The van der Waals surface area contributed by atoms with Gasteiger partial charge in [-0.1, -0.05) is 25.3 Å². The van der Waals surface area contributed by atoms with Crippen LogP contribution in [-0.4, -0.2) is 19.6 Å². The highest BCUT2D eigenvalue weighted by molar-refractivity contribution is 5.50. The molecular weight excluding hydrogens is 232 g/mol. The molecule has 0 saturated heterocycles. The van der Waals surface area contributed by atoms with E-state index >= 15 is 0 Å². The molecule has 0 amide bonds. The zero-order chi connectivity index (χ0) is 13.8. The summed E-state index contributed by atoms with van der Waals surface area (Å²) in [5.74, 6) is 0.724. The van der Waals surface area contributed by atoms with Crippen molar-refractivity contribution in [3.63, 3.8) is 0 Å². The summed E-state index contributed by atoms with van der Waals surface area (Å²) >= 11 is 0. The zero-order valence-corrected chi connectivity index (χ0v) is 12.7. The quantitative estimate of drug-likeness (QED) is 0.895. The normalized spacial score (nSPS) is 18.3. The Hall–Kier alpha value is -1.02. The molecule has 19 heavy (non-hydrogen) atoms. The molecule has 1 unspecified atom stereocenters. The van der Waals surface area contributed by atoms with Crippen molar-refractivity contribution in [1.29, 1.82) is 0 Å². The second kappa shape index (κ2) is 6.42. The van der Waals surface area contributed by atoms with E-state index in [4.69, 9.17) is 5.73 Å². The summed E-state index contributed by atoms with van der Waals surface area (Å²) in [5.41, 5.74) is 10.4. The molecule has 1 aromatic carbocycles. The lowest BCUT2D eigenvalue weighted by Gasteiger charge is -2.31. The largest absolute Gasteiger partial charge is 0.373 e. The van der Waals surface area contributed by atoms with Gasteiger partial charge in [-0.3, -0.25) is 0 Å². The molecule has 0 radical (unpaired) electrons. The molecule has 0 bridgehead atoms. The minimum absolute atomic E-state index is 0.311. The van der Waals surface area contributed by atoms with E-state index < -0.39 is 0 Å². The topological polar surface area (TPSA) is 29.3 Å². The molecule has 1 aliphatic carbocycles. The number of likely N-dealkylation sites (N-methyl/N-ethyl adjacent to an activating group) is 1. The summed E-state index contributed by atoms with van der Waals surface area (Å²) in [7, 11) is 2.16. The lowest BCUT2D eigenvalue weighted by Crippen LogP contribution is -2.41. The molecule has 2 N–H and O–H groups in total. The Bertz CT molecular complexity index is 387. The van der Waals surface area contributed by atoms with Gasteiger partial charge in [0, 0.05) is 25.3 Å². The number of aryl methyl sites for hydroxylation is 2. The van der Waals surface area contributed by atoms with Crippen molar-refractivity contribution in [2.45, 2.75) is 52.0 Å². The number of hydrogen-bond acceptors (Lipinski definition) is 2. The van der Waals surface area contributed by atoms with Crippen LogP contribution in [0.3, 0.4) is 0 Å². The molecule has 0 aliphatic heterocycles. The van der Waals surface area contributed by atoms with Crippen LogP contribution in [0, 0.1) is 19.8 Å². The Balaban J connectivity index is 1.97. The van der Waals surface area contributed by atoms with Crippen molar-refractivity contribution in [2.24, 2.45) is 11.7 Å². The van der Waals surface area contributed by atoms with Crippen LogP contribution < -0.4 is 10.6 Å². The average molecular weight is 260 g/mol. The molecule has 2 heteroatoms. The third-order valence-electron chi connectivity index (χ3n) is 4.39. The predicted octanol–water partition coefficient (Wildman–Crippen LogP) is 3.65. The van der Waals surface area contributed by atoms with Crippen LogP contribution in [0.25, 0.3) is 0 Å². The molecule has 106 valence electrons. The minimum Gasteiger partial charge on any atom is -0.373 e. The van der Waals surface area contributed by atoms with E-state index in [1.807, 2.05) is 0 Å². The summed E-state index contributed by atoms with van der Waals surface area (Å²) in [6, 6.07) is 7.03. The maximum atomic E-state index is 6.42. The van der Waals surface area contributed by atoms with Crippen molar-refractivity contribution in [3.8, 4) is 0 Å². The van der Waals surface area contributed by atoms with Gasteiger partial charge in [-0.25, -0.2) is 0 Å². The number of hydrogen-bond donors (Lipinski definition) is 1. The van der Waals surface area contributed by atoms with Crippen LogP contribution in [0.15, 0.2) is 18.2 Å². The highest BCUT2D eigenvalue weighted by atomic mass is 15.1. The van der Waals surface area contributed by atoms with Crippen molar-refractivity contribution >= 4 is 5.69 Å². The van der Waals surface area contributed by atoms with E-state index in [-0.39, 0.29) is 0 Å². The van der Waals surface area contributed by atoms with Crippen molar-refractivity contribution in [1.82, 2.24) is 0 Å². The van der Waals surface area contributed by atoms with Crippen LogP contribution in [0.1, 0.15) is 43.2 Å². The third kappa shape index (κ3) is 3.97. The molecule has 1 aliphatic rings. The van der Waals surface area contributed by atoms with E-state index in [9.17, 15) is 0 Å². The summed E-state index contributed by atoms with van der Waals surface area (Å²) in [6.45, 7) is 5.28. The first kappa shape index (κ1) is 14.4. The van der Waals surface area contributed by atoms with Crippen molar-refractivity contribution < 1.29 is 0 Å². The average Bonchev–Trinajstić information content (AvgIpc) is 2.38. The van der Waals surface area contributed by atoms with Crippen LogP contribution in [0.2, 0.25) is 0 Å². The number of nitrogens with zero attached hydrogens (tertiary/aromatic N) is 1. The molecule has 1 atom stereocenters. The number of nitrogens with two attached hydrogens (primary N) is 1. The number of benzene rings is 1. The molecule has 0 aromatic heterocycles. The predicted molar refractivity (Wildman–Crippen MR) is 83.7 cm³/mol. The minimum atomic E-state index is 0.311. The van der Waals surface area contributed by atoms with E-state index in [0.717, 1.165) is 12.5 Å². The van der Waals surface area contributed by atoms with Gasteiger partial charge in [-0.2, -0.15) is 0 Å². The summed E-state index contributed by atoms with van der Waals surface area (Å²) in [5, 5.41) is 0. The second-order valence-corrected chi connectivity index (χ2v) is 6.29. The maximum absolute atomic E-state index is 6.42. The van der Waals surface area contributed by atoms with Gasteiger partial charge in [0.1, 0.15) is 0 Å². The fraction of sp³-hybridized carbons (Fsp3) is 0.647. The van der Waals surface area contributed by atoms with Gasteiger partial charge in [0.05, 0.1) is 0 Å². The molecular formula is C17H28N2. The first-order valence-electron chi connectivity index (χ1n) is 7.61. The Kier molecular flexibility index (Phi) is 4.87. The molecule has 0 heterocycles. The molecule has 1 fully saturated rings. The molecule has 1 saturated carbocycles. The van der Waals surface area contributed by atoms with E-state index in [0.29, 0.717) is 6.04 Å². The Morgan fingerprint density at radius 2 is 1.68 bits per heavy atom. The monoisotopic (exact) mass is 260 g/mol. The van der Waals surface area contributed by atoms with Crippen LogP contribution >= 0.6 is 0 Å². The molecule has 0 spiro atoms. The summed E-state index contributed by atoms with van der Waals surface area (Å²) in [6.07, 6.45) is 6.77. The van der Waals surface area contributed by atoms with Gasteiger partial charge >= 0.3 is 0 Å². The summed E-state index contributed by atoms with van der Waals surface area (Å²) < 4.78 is 0. The first-order chi connectivity index (χ1) is 9.06. The molecule has 2 nitrogen and oxygen atoms in total. The van der Waals surface area contributed by atoms with Gasteiger partial charge in [0.25, 0.3) is 0 Å². The van der Waals surface area contributed by atoms with Crippen LogP contribution in [-0.2, 0) is 0 Å². The van der Waals surface area contributed by atoms with Gasteiger partial charge in [0.2, 0.25) is 0 Å². The van der Waals surface area contributed by atoms with Crippen molar-refractivity contribution in [3.05, 3.63) is 29.3 Å². The highest BCUT2D eigenvalue weighted by Crippen LogP contribution is 2.27. The zero-order valence-electron chi connectivity index (χ0n) is 12.7. The Morgan fingerprint density at radius 3 is 2.26 bits per heavy atom. The van der Waals surface area contributed by atoms with Gasteiger partial charge < -0.3 is 10.6 Å². The smallest absolute Gasteiger partial charge is 0.0369 e. The standard InChI is InChI=1S/C17H28N2/c1-13-9-14(2)11-16(10-13)19(3)12-17(18)15-7-5-4-6-8-15/h9-11,15,17H,4-8,12,18H2,1-3H3. The van der Waals surface area contributed by atoms with Crippen LogP contribution in [0.5, 0.6) is 0 Å². The van der Waals surface area contributed by atoms with E-state index in [2.05, 4.69) is 44.0 Å². The molecule has 2 rings (SSSR count). The maximum Gasteiger partial charge on any atom is 0.0369 e. The number of anilines is 1. The number of rotatable bonds is 4. The van der Waals surface area contributed by atoms with Gasteiger partial charge in [0.15, 0.2) is 0 Å². The fourth-order valence-corrected chi connectivity index (χ4v) is 3.30. The van der Waals surface area contributed by atoms with Gasteiger partial charge in [-0.05, 0) is 55.9 Å². The first-order valence-corrected chi connectivity index (χ1v) is 7.61. The Labute approximate surface area is 118 Å². The summed E-state index contributed by atoms with van der Waals surface area (Å²) in [4.78, 5) is 2.32. The van der Waals surface area contributed by atoms with Crippen molar-refractivity contribution in [2.75, 3.05) is 18.5 Å². The SMILES string of the molecule is Cc1cc(C)cc(N(C)CC(N)C2CCCCC2)c1. The Morgan fingerprint density at radius 1 is 1.11 bits per heavy atom. The lowest BCUT2D eigenvalue weighted by molar-refractivity contribution is 0.306. The van der Waals surface area contributed by atoms with E-state index in [1.54, 1.807) is 0 Å². The molecule has 1 aromatic rings. The van der Waals surface area contributed by atoms with Gasteiger partial charge in [-0.15, -0.1) is 0 Å². The third-order valence-corrected chi connectivity index (χ3v) is 4.39. The highest BCUT2D eigenvalue weighted by Gasteiger charge is 2.21. The van der Waals surface area contributed by atoms with Crippen LogP contribution in [0.4, 0.5) is 5.69 Å². The second-order valence-electron chi connectivity index (χ2n) is 6.29. The van der Waals surface area contributed by atoms with E-state index in [1.165, 1.54) is 48.9 Å². The lowest BCUT2D eigenvalue weighted by atomic mass is 9.84. The fourth-order valence-electron chi connectivity index (χ4n) is 3.30.